The van der Waals surface area contributed by atoms with E-state index in [-0.39, 0.29) is 17.7 Å². The first-order valence-corrected chi connectivity index (χ1v) is 6.05. The third-order valence-corrected chi connectivity index (χ3v) is 2.82. The van der Waals surface area contributed by atoms with E-state index in [4.69, 9.17) is 0 Å². The number of hydrogen-bond acceptors (Lipinski definition) is 4. The van der Waals surface area contributed by atoms with Crippen molar-refractivity contribution in [1.29, 1.82) is 0 Å². The molecule has 0 aliphatic heterocycles. The lowest BCUT2D eigenvalue weighted by molar-refractivity contribution is -0.142. The van der Waals surface area contributed by atoms with Crippen molar-refractivity contribution in [1.82, 2.24) is 19.7 Å². The van der Waals surface area contributed by atoms with Crippen LogP contribution in [0.25, 0.3) is 0 Å². The smallest absolute Gasteiger partial charge is 0.355 e. The third kappa shape index (κ3) is 3.41. The van der Waals surface area contributed by atoms with E-state index in [0.29, 0.717) is 11.6 Å². The molecular weight excluding hydrogens is 287 g/mol. The zero-order valence-electron chi connectivity index (χ0n) is 11.7. The number of rotatable bonds is 3. The summed E-state index contributed by atoms with van der Waals surface area (Å²) in [5.41, 5.74) is -1.27. The summed E-state index contributed by atoms with van der Waals surface area (Å²) in [7, 11) is 2.99. The van der Waals surface area contributed by atoms with Crippen LogP contribution in [0.1, 0.15) is 17.1 Å². The summed E-state index contributed by atoms with van der Waals surface area (Å²) in [6, 6.07) is 1.23. The molecular formula is C12H14F3N5O. The topological polar surface area (TPSA) is 66.8 Å². The van der Waals surface area contributed by atoms with Gasteiger partial charge in [0.05, 0.1) is 0 Å². The monoisotopic (exact) mass is 301 g/mol. The molecule has 0 saturated heterocycles. The number of anilines is 1. The second-order valence-electron chi connectivity index (χ2n) is 4.72. The second kappa shape index (κ2) is 5.23. The fourth-order valence-electron chi connectivity index (χ4n) is 1.99. The van der Waals surface area contributed by atoms with E-state index in [1.165, 1.54) is 24.2 Å². The minimum absolute atomic E-state index is 0.0206. The quantitative estimate of drug-likeness (QED) is 0.932. The van der Waals surface area contributed by atoms with E-state index < -0.39 is 11.9 Å². The summed E-state index contributed by atoms with van der Waals surface area (Å²) in [6.07, 6.45) is -3.21. The van der Waals surface area contributed by atoms with Crippen molar-refractivity contribution in [3.63, 3.8) is 0 Å². The maximum atomic E-state index is 12.9. The highest BCUT2D eigenvalue weighted by molar-refractivity contribution is 5.38. The average molecular weight is 301 g/mol. The minimum Gasteiger partial charge on any atom is -0.355 e. The van der Waals surface area contributed by atoms with Gasteiger partial charge in [0.2, 0.25) is 0 Å². The molecule has 0 spiro atoms. The van der Waals surface area contributed by atoms with E-state index in [0.717, 1.165) is 4.68 Å². The number of aromatic nitrogens is 4. The van der Waals surface area contributed by atoms with Gasteiger partial charge >= 0.3 is 6.18 Å². The number of nitrogens with zero attached hydrogens (tertiary/aromatic N) is 4. The maximum Gasteiger partial charge on any atom is 0.435 e. The van der Waals surface area contributed by atoms with Gasteiger partial charge in [-0.05, 0) is 6.92 Å². The first kappa shape index (κ1) is 15.1. The van der Waals surface area contributed by atoms with E-state index in [9.17, 15) is 18.0 Å². The van der Waals surface area contributed by atoms with Gasteiger partial charge in [0.25, 0.3) is 5.56 Å². The van der Waals surface area contributed by atoms with Crippen LogP contribution >= 0.6 is 0 Å². The van der Waals surface area contributed by atoms with Gasteiger partial charge in [0.1, 0.15) is 11.6 Å². The molecule has 0 radical (unpaired) electrons. The van der Waals surface area contributed by atoms with Crippen LogP contribution in [0, 0.1) is 6.92 Å². The van der Waals surface area contributed by atoms with E-state index in [2.05, 4.69) is 15.1 Å². The summed E-state index contributed by atoms with van der Waals surface area (Å²) in [6.45, 7) is 1.54. The summed E-state index contributed by atoms with van der Waals surface area (Å²) in [5, 5.41) is 3.44. The zero-order chi connectivity index (χ0) is 15.8. The van der Waals surface area contributed by atoms with Crippen LogP contribution in [0.5, 0.6) is 0 Å². The van der Waals surface area contributed by atoms with Crippen molar-refractivity contribution in [2.24, 2.45) is 7.05 Å². The lowest BCUT2D eigenvalue weighted by atomic mass is 10.2. The first-order chi connectivity index (χ1) is 9.66. The molecule has 0 amide bonds. The van der Waals surface area contributed by atoms with Crippen LogP contribution in [0.4, 0.5) is 19.0 Å². The van der Waals surface area contributed by atoms with Gasteiger partial charge in [-0.2, -0.15) is 18.3 Å². The predicted octanol–water partition coefficient (Wildman–Crippen LogP) is 1.47. The highest BCUT2D eigenvalue weighted by Gasteiger charge is 2.37. The molecule has 0 aliphatic rings. The third-order valence-electron chi connectivity index (χ3n) is 2.82. The van der Waals surface area contributed by atoms with Gasteiger partial charge in [-0.3, -0.25) is 9.48 Å². The number of halogens is 3. The molecule has 2 rings (SSSR count). The number of nitrogens with one attached hydrogen (secondary N) is 1. The van der Waals surface area contributed by atoms with Crippen LogP contribution in [0.15, 0.2) is 17.1 Å². The largest absolute Gasteiger partial charge is 0.435 e. The Morgan fingerprint density at radius 2 is 2.10 bits per heavy atom. The van der Waals surface area contributed by atoms with Gasteiger partial charge in [-0.25, -0.2) is 4.98 Å². The average Bonchev–Trinajstić information content (AvgIpc) is 2.68. The maximum absolute atomic E-state index is 12.9. The minimum atomic E-state index is -4.52. The van der Waals surface area contributed by atoms with Crippen molar-refractivity contribution in [3.8, 4) is 0 Å². The predicted molar refractivity (Wildman–Crippen MR) is 69.9 cm³/mol. The van der Waals surface area contributed by atoms with E-state index in [1.54, 1.807) is 14.0 Å². The summed E-state index contributed by atoms with van der Waals surface area (Å²) < 4.78 is 39.7. The number of aryl methyl sites for hydroxylation is 2. The lowest BCUT2D eigenvalue weighted by Gasteiger charge is -2.18. The van der Waals surface area contributed by atoms with Gasteiger partial charge in [-0.15, -0.1) is 0 Å². The van der Waals surface area contributed by atoms with Gasteiger partial charge in [-0.1, -0.05) is 0 Å². The lowest BCUT2D eigenvalue weighted by Crippen LogP contribution is -2.22. The Morgan fingerprint density at radius 1 is 1.43 bits per heavy atom. The molecule has 0 atom stereocenters. The fraction of sp³-hybridized carbons (Fsp3) is 0.417. The molecule has 0 saturated carbocycles. The normalized spacial score (nSPS) is 11.7. The number of alkyl halides is 3. The SMILES string of the molecule is Cc1nc(N(C)Cc2cn(C)nc2C(F)(F)F)cc(=O)[nH]1. The van der Waals surface area contributed by atoms with Crippen molar-refractivity contribution >= 4 is 5.82 Å². The fourth-order valence-corrected chi connectivity index (χ4v) is 1.99. The van der Waals surface area contributed by atoms with Crippen LogP contribution < -0.4 is 10.5 Å². The van der Waals surface area contributed by atoms with Gasteiger partial charge < -0.3 is 9.88 Å². The molecule has 2 aromatic rings. The van der Waals surface area contributed by atoms with Gasteiger partial charge in [0.15, 0.2) is 5.69 Å². The Hall–Kier alpha value is -2.32. The molecule has 0 unspecified atom stereocenters. The van der Waals surface area contributed by atoms with Crippen molar-refractivity contribution < 1.29 is 13.2 Å². The van der Waals surface area contributed by atoms with E-state index in [1.807, 2.05) is 0 Å². The molecule has 0 aliphatic carbocycles. The van der Waals surface area contributed by atoms with Crippen molar-refractivity contribution in [3.05, 3.63) is 39.7 Å². The van der Waals surface area contributed by atoms with E-state index >= 15 is 0 Å². The summed E-state index contributed by atoms with van der Waals surface area (Å²) >= 11 is 0. The molecule has 0 fully saturated rings. The highest BCUT2D eigenvalue weighted by atomic mass is 19.4. The zero-order valence-corrected chi connectivity index (χ0v) is 11.7. The Labute approximate surface area is 118 Å². The standard InChI is InChI=1S/C12H14F3N5O/c1-7-16-9(4-10(21)17-7)19(2)5-8-6-20(3)18-11(8)12(13,14)15/h4,6H,5H2,1-3H3,(H,16,17,21). The van der Waals surface area contributed by atoms with Crippen molar-refractivity contribution in [2.75, 3.05) is 11.9 Å². The van der Waals surface area contributed by atoms with Gasteiger partial charge in [0, 0.05) is 38.5 Å². The molecule has 114 valence electrons. The molecule has 6 nitrogen and oxygen atoms in total. The first-order valence-electron chi connectivity index (χ1n) is 6.05. The Balaban J connectivity index is 2.31. The highest BCUT2D eigenvalue weighted by Crippen LogP contribution is 2.31. The molecule has 21 heavy (non-hydrogen) atoms. The molecule has 0 bridgehead atoms. The van der Waals surface area contributed by atoms with Crippen molar-refractivity contribution in [2.45, 2.75) is 19.6 Å². The number of H-pyrrole nitrogens is 1. The second-order valence-corrected chi connectivity index (χ2v) is 4.72. The molecule has 1 N–H and O–H groups in total. The summed E-state index contributed by atoms with van der Waals surface area (Å²) in [5.74, 6) is 0.694. The number of hydrogen-bond donors (Lipinski definition) is 1. The molecule has 9 heteroatoms. The number of aromatic amines is 1. The molecule has 0 aromatic carbocycles. The Morgan fingerprint density at radius 3 is 2.67 bits per heavy atom. The Bertz CT molecular complexity index is 704. The molecule has 2 heterocycles. The summed E-state index contributed by atoms with van der Waals surface area (Å²) in [4.78, 5) is 19.4. The molecule has 2 aromatic heterocycles. The van der Waals surface area contributed by atoms with Crippen LogP contribution in [-0.2, 0) is 19.8 Å². The Kier molecular flexibility index (Phi) is 3.75. The van der Waals surface area contributed by atoms with Crippen LogP contribution in [-0.4, -0.2) is 26.8 Å². The van der Waals surface area contributed by atoms with Crippen LogP contribution in [0.2, 0.25) is 0 Å². The van der Waals surface area contributed by atoms with Crippen LogP contribution in [0.3, 0.4) is 0 Å².